The summed E-state index contributed by atoms with van der Waals surface area (Å²) in [6.45, 7) is 6.62. The van der Waals surface area contributed by atoms with E-state index in [1.165, 1.54) is 22.0 Å². The Morgan fingerprint density at radius 1 is 1.04 bits per heavy atom. The van der Waals surface area contributed by atoms with E-state index in [0.29, 0.717) is 5.92 Å². The van der Waals surface area contributed by atoms with Gasteiger partial charge in [0, 0.05) is 17.0 Å². The topological polar surface area (TPSA) is 26.2 Å². The van der Waals surface area contributed by atoms with Crippen LogP contribution >= 0.6 is 0 Å². The molecule has 0 amide bonds. The number of aromatic nitrogens is 1. The Kier molecular flexibility index (Phi) is 3.17. The first-order valence-corrected chi connectivity index (χ1v) is 9.17. The molecule has 0 radical (unpaired) electrons. The lowest BCUT2D eigenvalue weighted by atomic mass is 9.92. The van der Waals surface area contributed by atoms with E-state index >= 15 is 0 Å². The van der Waals surface area contributed by atoms with E-state index in [0.717, 1.165) is 40.0 Å². The maximum Gasteiger partial charge on any atom is 0.228 e. The number of benzene rings is 2. The number of fused-ring (bicyclic) bond motifs is 3. The summed E-state index contributed by atoms with van der Waals surface area (Å²) in [6, 6.07) is 10.8. The first-order valence-electron chi connectivity index (χ1n) is 9.17. The van der Waals surface area contributed by atoms with Gasteiger partial charge in [0.15, 0.2) is 6.20 Å². The van der Waals surface area contributed by atoms with Crippen LogP contribution in [0.4, 0.5) is 0 Å². The second-order valence-electron chi connectivity index (χ2n) is 7.75. The Balaban J connectivity index is 1.88. The quantitative estimate of drug-likeness (QED) is 0.385. The van der Waals surface area contributed by atoms with Crippen molar-refractivity contribution < 1.29 is 13.7 Å². The highest BCUT2D eigenvalue weighted by Crippen LogP contribution is 2.48. The minimum Gasteiger partial charge on any atom is -0.464 e. The van der Waals surface area contributed by atoms with Gasteiger partial charge >= 0.3 is 0 Å². The molecule has 3 heterocycles. The Morgan fingerprint density at radius 3 is 2.69 bits per heavy atom. The first kappa shape index (κ1) is 15.4. The number of hydrogen-bond acceptors (Lipinski definition) is 2. The largest absolute Gasteiger partial charge is 0.464 e. The molecule has 0 N–H and O–H groups in total. The summed E-state index contributed by atoms with van der Waals surface area (Å²) in [5.74, 6) is 2.48. The van der Waals surface area contributed by atoms with Gasteiger partial charge < -0.3 is 9.15 Å². The van der Waals surface area contributed by atoms with Crippen molar-refractivity contribution in [3.63, 3.8) is 0 Å². The van der Waals surface area contributed by atoms with Gasteiger partial charge in [0.2, 0.25) is 5.69 Å². The number of pyridine rings is 1. The number of aryl methyl sites for hydroxylation is 2. The van der Waals surface area contributed by atoms with Gasteiger partial charge in [0.25, 0.3) is 0 Å². The van der Waals surface area contributed by atoms with E-state index in [2.05, 4.69) is 62.8 Å². The molecule has 0 bridgehead atoms. The van der Waals surface area contributed by atoms with Crippen molar-refractivity contribution >= 4 is 21.7 Å². The fourth-order valence-electron chi connectivity index (χ4n) is 4.24. The van der Waals surface area contributed by atoms with Gasteiger partial charge in [-0.3, -0.25) is 0 Å². The SMILES string of the molecule is Cc1c2c(cc3ccoc13)Oc1cc(CC(C)C)cc3cc[n+](C)c-2c13. The number of furan rings is 1. The van der Waals surface area contributed by atoms with Crippen molar-refractivity contribution in [3.8, 4) is 22.8 Å². The molecule has 0 unspecified atom stereocenters. The predicted octanol–water partition coefficient (Wildman–Crippen LogP) is 5.69. The molecule has 0 fully saturated rings. The highest BCUT2D eigenvalue weighted by Gasteiger charge is 2.31. The second kappa shape index (κ2) is 5.34. The molecular weight excluding hydrogens is 322 g/mol. The fourth-order valence-corrected chi connectivity index (χ4v) is 4.24. The average molecular weight is 344 g/mol. The monoisotopic (exact) mass is 344 g/mol. The normalized spacial score (nSPS) is 12.7. The highest BCUT2D eigenvalue weighted by atomic mass is 16.5. The number of ether oxygens (including phenoxy) is 1. The molecule has 1 aliphatic rings. The minimum absolute atomic E-state index is 0.614. The molecular formula is C23H22NO2+. The summed E-state index contributed by atoms with van der Waals surface area (Å²) >= 11 is 0. The van der Waals surface area contributed by atoms with Crippen molar-refractivity contribution in [1.29, 1.82) is 0 Å². The lowest BCUT2D eigenvalue weighted by Gasteiger charge is -2.21. The van der Waals surface area contributed by atoms with Crippen LogP contribution in [0.25, 0.3) is 33.0 Å². The van der Waals surface area contributed by atoms with Crippen LogP contribution in [0.15, 0.2) is 47.2 Å². The third-order valence-electron chi connectivity index (χ3n) is 5.30. The molecule has 0 atom stereocenters. The summed E-state index contributed by atoms with van der Waals surface area (Å²) in [5.41, 5.74) is 5.72. The Bertz CT molecular complexity index is 1180. The predicted molar refractivity (Wildman–Crippen MR) is 104 cm³/mol. The Labute approximate surface area is 152 Å². The molecule has 0 saturated heterocycles. The van der Waals surface area contributed by atoms with E-state index in [1.54, 1.807) is 6.26 Å². The number of nitrogens with zero attached hydrogens (tertiary/aromatic N) is 1. The molecule has 2 aromatic carbocycles. The third-order valence-corrected chi connectivity index (χ3v) is 5.30. The Hall–Kier alpha value is -2.81. The number of rotatable bonds is 2. The van der Waals surface area contributed by atoms with Crippen LogP contribution in [-0.4, -0.2) is 0 Å². The zero-order valence-electron chi connectivity index (χ0n) is 15.6. The van der Waals surface area contributed by atoms with Crippen LogP contribution in [0.5, 0.6) is 11.5 Å². The molecule has 5 rings (SSSR count). The molecule has 0 saturated carbocycles. The maximum absolute atomic E-state index is 6.43. The molecule has 130 valence electrons. The first-order chi connectivity index (χ1) is 12.5. The van der Waals surface area contributed by atoms with E-state index in [4.69, 9.17) is 9.15 Å². The van der Waals surface area contributed by atoms with E-state index in [1.807, 2.05) is 6.07 Å². The van der Waals surface area contributed by atoms with Crippen LogP contribution in [0, 0.1) is 12.8 Å². The van der Waals surface area contributed by atoms with Crippen molar-refractivity contribution in [2.75, 3.05) is 0 Å². The molecule has 2 aromatic heterocycles. The van der Waals surface area contributed by atoms with E-state index in [9.17, 15) is 0 Å². The van der Waals surface area contributed by atoms with Crippen molar-refractivity contribution in [2.24, 2.45) is 13.0 Å². The van der Waals surface area contributed by atoms with Gasteiger partial charge in [-0.1, -0.05) is 19.9 Å². The van der Waals surface area contributed by atoms with Crippen LogP contribution in [-0.2, 0) is 13.5 Å². The van der Waals surface area contributed by atoms with Crippen molar-refractivity contribution in [2.45, 2.75) is 27.2 Å². The van der Waals surface area contributed by atoms with Gasteiger partial charge in [-0.25, -0.2) is 4.57 Å². The standard InChI is InChI=1S/C23H22NO2/c1-13(2)9-15-10-16-5-7-24(4)22-20-14(3)23-17(6-8-25-23)12-19(20)26-18(11-15)21(16)22/h5-8,10-13H,9H2,1-4H3/q+1. The van der Waals surface area contributed by atoms with Crippen LogP contribution < -0.4 is 9.30 Å². The summed E-state index contributed by atoms with van der Waals surface area (Å²) in [5, 5.41) is 3.50. The molecule has 0 aliphatic carbocycles. The van der Waals surface area contributed by atoms with Gasteiger partial charge in [-0.15, -0.1) is 0 Å². The molecule has 26 heavy (non-hydrogen) atoms. The van der Waals surface area contributed by atoms with E-state index < -0.39 is 0 Å². The summed E-state index contributed by atoms with van der Waals surface area (Å²) in [7, 11) is 2.10. The maximum atomic E-state index is 6.43. The number of hydrogen-bond donors (Lipinski definition) is 0. The summed E-state index contributed by atoms with van der Waals surface area (Å²) in [6.07, 6.45) is 4.94. The summed E-state index contributed by atoms with van der Waals surface area (Å²) in [4.78, 5) is 0. The Morgan fingerprint density at radius 2 is 1.88 bits per heavy atom. The second-order valence-corrected chi connectivity index (χ2v) is 7.75. The van der Waals surface area contributed by atoms with Crippen molar-refractivity contribution in [1.82, 2.24) is 0 Å². The minimum atomic E-state index is 0.614. The van der Waals surface area contributed by atoms with Crippen molar-refractivity contribution in [3.05, 3.63) is 53.9 Å². The zero-order valence-corrected chi connectivity index (χ0v) is 15.6. The van der Waals surface area contributed by atoms with Gasteiger partial charge in [-0.2, -0.15) is 0 Å². The molecule has 3 nitrogen and oxygen atoms in total. The van der Waals surface area contributed by atoms with Gasteiger partial charge in [0.1, 0.15) is 24.1 Å². The smallest absolute Gasteiger partial charge is 0.228 e. The third kappa shape index (κ3) is 2.10. The fraction of sp³-hybridized carbons (Fsp3) is 0.261. The zero-order chi connectivity index (χ0) is 18.0. The van der Waals surface area contributed by atoms with E-state index in [-0.39, 0.29) is 0 Å². The van der Waals surface area contributed by atoms with Crippen LogP contribution in [0.1, 0.15) is 25.0 Å². The molecule has 4 aromatic rings. The molecule has 0 spiro atoms. The average Bonchev–Trinajstić information content (AvgIpc) is 3.05. The summed E-state index contributed by atoms with van der Waals surface area (Å²) < 4.78 is 14.4. The molecule has 3 heteroatoms. The van der Waals surface area contributed by atoms with Crippen LogP contribution in [0.3, 0.4) is 0 Å². The van der Waals surface area contributed by atoms with Gasteiger partial charge in [0.05, 0.1) is 17.2 Å². The molecule has 1 aliphatic heterocycles. The lowest BCUT2D eigenvalue weighted by Crippen LogP contribution is -2.31. The highest BCUT2D eigenvalue weighted by molar-refractivity contribution is 6.04. The van der Waals surface area contributed by atoms with Gasteiger partial charge in [-0.05, 0) is 48.4 Å². The lowest BCUT2D eigenvalue weighted by molar-refractivity contribution is -0.659. The van der Waals surface area contributed by atoms with Crippen LogP contribution in [0.2, 0.25) is 0 Å².